The van der Waals surface area contributed by atoms with Crippen LogP contribution < -0.4 is 11.1 Å². The highest BCUT2D eigenvalue weighted by Crippen LogP contribution is 2.30. The highest BCUT2D eigenvalue weighted by molar-refractivity contribution is 4.94. The molecule has 0 aliphatic heterocycles. The minimum atomic E-state index is 0.111. The van der Waals surface area contributed by atoms with Gasteiger partial charge in [-0.2, -0.15) is 0 Å². The topological polar surface area (TPSA) is 38.0 Å². The maximum Gasteiger partial charge on any atom is 0.0283 e. The van der Waals surface area contributed by atoms with Gasteiger partial charge in [-0.3, -0.25) is 0 Å². The largest absolute Gasteiger partial charge is 0.324 e. The zero-order chi connectivity index (χ0) is 9.31. The van der Waals surface area contributed by atoms with E-state index in [2.05, 4.69) is 12.2 Å². The number of nitrogens with two attached hydrogens (primary N) is 1. The van der Waals surface area contributed by atoms with Crippen molar-refractivity contribution in [3.63, 3.8) is 0 Å². The minimum absolute atomic E-state index is 0.111. The van der Waals surface area contributed by atoms with E-state index >= 15 is 0 Å². The van der Waals surface area contributed by atoms with Crippen LogP contribution in [0.25, 0.3) is 0 Å². The van der Waals surface area contributed by atoms with Crippen LogP contribution in [0.3, 0.4) is 0 Å². The molecule has 0 heterocycles. The molecule has 0 amide bonds. The Hall–Kier alpha value is -0.0800. The van der Waals surface area contributed by atoms with E-state index in [0.29, 0.717) is 0 Å². The summed E-state index contributed by atoms with van der Waals surface area (Å²) in [7, 11) is 0. The van der Waals surface area contributed by atoms with E-state index in [1.54, 1.807) is 0 Å². The summed E-state index contributed by atoms with van der Waals surface area (Å²) in [5, 5.41) is 3.56. The standard InChI is InChI=1S/C11H22N2/c1-9-3-2-6-11(12,7-9)8-13-10-4-5-10/h9-10,13H,2-8,12H2,1H3. The first-order valence-electron chi connectivity index (χ1n) is 5.70. The van der Waals surface area contributed by atoms with Gasteiger partial charge in [0.05, 0.1) is 0 Å². The third-order valence-electron chi connectivity index (χ3n) is 3.45. The SMILES string of the molecule is CC1CCCC(N)(CNC2CC2)C1. The number of rotatable bonds is 3. The van der Waals surface area contributed by atoms with E-state index in [1.807, 2.05) is 0 Å². The molecule has 2 fully saturated rings. The van der Waals surface area contributed by atoms with Crippen LogP contribution >= 0.6 is 0 Å². The van der Waals surface area contributed by atoms with Gasteiger partial charge in [0.1, 0.15) is 0 Å². The molecule has 0 spiro atoms. The van der Waals surface area contributed by atoms with Crippen LogP contribution in [-0.2, 0) is 0 Å². The first kappa shape index (κ1) is 9.47. The molecule has 0 bridgehead atoms. The predicted octanol–water partition coefficient (Wildman–Crippen LogP) is 1.65. The van der Waals surface area contributed by atoms with Crippen LogP contribution in [0.4, 0.5) is 0 Å². The normalized spacial score (nSPS) is 40.6. The molecule has 2 rings (SSSR count). The van der Waals surface area contributed by atoms with Crippen molar-refractivity contribution < 1.29 is 0 Å². The van der Waals surface area contributed by atoms with Crippen molar-refractivity contribution in [2.45, 2.75) is 57.0 Å². The molecule has 2 aliphatic rings. The molecule has 2 saturated carbocycles. The van der Waals surface area contributed by atoms with E-state index in [0.717, 1.165) is 18.5 Å². The van der Waals surface area contributed by atoms with E-state index < -0.39 is 0 Å². The highest BCUT2D eigenvalue weighted by atomic mass is 15.0. The molecule has 0 aromatic carbocycles. The zero-order valence-corrected chi connectivity index (χ0v) is 8.68. The van der Waals surface area contributed by atoms with Crippen molar-refractivity contribution in [2.75, 3.05) is 6.54 Å². The van der Waals surface area contributed by atoms with Gasteiger partial charge in [-0.15, -0.1) is 0 Å². The van der Waals surface area contributed by atoms with Crippen molar-refractivity contribution in [1.82, 2.24) is 5.32 Å². The van der Waals surface area contributed by atoms with Crippen molar-refractivity contribution in [3.05, 3.63) is 0 Å². The van der Waals surface area contributed by atoms with E-state index in [4.69, 9.17) is 5.73 Å². The van der Waals surface area contributed by atoms with Crippen LogP contribution in [0, 0.1) is 5.92 Å². The smallest absolute Gasteiger partial charge is 0.0283 e. The molecule has 0 radical (unpaired) electrons. The number of hydrogen-bond acceptors (Lipinski definition) is 2. The Morgan fingerprint density at radius 3 is 2.77 bits per heavy atom. The minimum Gasteiger partial charge on any atom is -0.324 e. The van der Waals surface area contributed by atoms with Gasteiger partial charge in [-0.25, -0.2) is 0 Å². The third kappa shape index (κ3) is 2.68. The quantitative estimate of drug-likeness (QED) is 0.696. The van der Waals surface area contributed by atoms with Gasteiger partial charge in [0.2, 0.25) is 0 Å². The molecule has 3 N–H and O–H groups in total. The van der Waals surface area contributed by atoms with Gasteiger partial charge in [-0.05, 0) is 31.6 Å². The molecular weight excluding hydrogens is 160 g/mol. The summed E-state index contributed by atoms with van der Waals surface area (Å²) in [4.78, 5) is 0. The number of hydrogen-bond donors (Lipinski definition) is 2. The molecule has 0 aromatic heterocycles. The lowest BCUT2D eigenvalue weighted by molar-refractivity contribution is 0.229. The van der Waals surface area contributed by atoms with Crippen molar-refractivity contribution in [1.29, 1.82) is 0 Å². The Balaban J connectivity index is 1.78. The average molecular weight is 182 g/mol. The summed E-state index contributed by atoms with van der Waals surface area (Å²) in [5.74, 6) is 0.833. The Labute approximate surface area is 81.3 Å². The average Bonchev–Trinajstić information content (AvgIpc) is 2.83. The van der Waals surface area contributed by atoms with Crippen LogP contribution in [-0.4, -0.2) is 18.1 Å². The second kappa shape index (κ2) is 3.58. The van der Waals surface area contributed by atoms with Crippen LogP contribution in [0.15, 0.2) is 0 Å². The second-order valence-electron chi connectivity index (χ2n) is 5.22. The van der Waals surface area contributed by atoms with Crippen LogP contribution in [0.1, 0.15) is 45.4 Å². The molecular formula is C11H22N2. The van der Waals surface area contributed by atoms with Gasteiger partial charge in [-0.1, -0.05) is 19.8 Å². The molecule has 0 aromatic rings. The Kier molecular flexibility index (Phi) is 2.61. The molecule has 2 aliphatic carbocycles. The molecule has 2 atom stereocenters. The molecule has 2 unspecified atom stereocenters. The lowest BCUT2D eigenvalue weighted by atomic mass is 9.77. The molecule has 13 heavy (non-hydrogen) atoms. The molecule has 2 heteroatoms. The van der Waals surface area contributed by atoms with E-state index in [-0.39, 0.29) is 5.54 Å². The third-order valence-corrected chi connectivity index (χ3v) is 3.45. The molecule has 2 nitrogen and oxygen atoms in total. The van der Waals surface area contributed by atoms with Crippen molar-refractivity contribution >= 4 is 0 Å². The molecule has 76 valence electrons. The van der Waals surface area contributed by atoms with Gasteiger partial charge < -0.3 is 11.1 Å². The van der Waals surface area contributed by atoms with Gasteiger partial charge in [0.25, 0.3) is 0 Å². The number of nitrogens with one attached hydrogen (secondary N) is 1. The highest BCUT2D eigenvalue weighted by Gasteiger charge is 2.32. The fraction of sp³-hybridized carbons (Fsp3) is 1.00. The summed E-state index contributed by atoms with van der Waals surface area (Å²) < 4.78 is 0. The second-order valence-corrected chi connectivity index (χ2v) is 5.22. The first-order chi connectivity index (χ1) is 6.18. The monoisotopic (exact) mass is 182 g/mol. The zero-order valence-electron chi connectivity index (χ0n) is 8.68. The summed E-state index contributed by atoms with van der Waals surface area (Å²) in [6.45, 7) is 3.37. The predicted molar refractivity (Wildman–Crippen MR) is 55.6 cm³/mol. The fourth-order valence-corrected chi connectivity index (χ4v) is 2.50. The Morgan fingerprint density at radius 1 is 1.38 bits per heavy atom. The maximum absolute atomic E-state index is 6.36. The summed E-state index contributed by atoms with van der Waals surface area (Å²) >= 11 is 0. The maximum atomic E-state index is 6.36. The van der Waals surface area contributed by atoms with E-state index in [1.165, 1.54) is 38.5 Å². The summed E-state index contributed by atoms with van der Waals surface area (Å²) in [6.07, 6.45) is 7.87. The lowest BCUT2D eigenvalue weighted by Crippen LogP contribution is -2.52. The van der Waals surface area contributed by atoms with Crippen LogP contribution in [0.5, 0.6) is 0 Å². The Morgan fingerprint density at radius 2 is 2.15 bits per heavy atom. The van der Waals surface area contributed by atoms with Crippen molar-refractivity contribution in [3.8, 4) is 0 Å². The first-order valence-corrected chi connectivity index (χ1v) is 5.70. The Bertz CT molecular complexity index is 177. The van der Waals surface area contributed by atoms with Crippen molar-refractivity contribution in [2.24, 2.45) is 11.7 Å². The molecule has 0 saturated heterocycles. The lowest BCUT2D eigenvalue weighted by Gasteiger charge is -2.37. The fourth-order valence-electron chi connectivity index (χ4n) is 2.50. The van der Waals surface area contributed by atoms with E-state index in [9.17, 15) is 0 Å². The van der Waals surface area contributed by atoms with Gasteiger partial charge in [0.15, 0.2) is 0 Å². The summed E-state index contributed by atoms with van der Waals surface area (Å²) in [6, 6.07) is 0.803. The summed E-state index contributed by atoms with van der Waals surface area (Å²) in [5.41, 5.74) is 6.47. The van der Waals surface area contributed by atoms with Crippen LogP contribution in [0.2, 0.25) is 0 Å². The van der Waals surface area contributed by atoms with Gasteiger partial charge in [0, 0.05) is 18.1 Å². The van der Waals surface area contributed by atoms with Gasteiger partial charge >= 0.3 is 0 Å².